The molecule has 104 valence electrons. The third-order valence-corrected chi connectivity index (χ3v) is 3.12. The Hall–Kier alpha value is -2.15. The van der Waals surface area contributed by atoms with Crippen LogP contribution in [0.1, 0.15) is 10.4 Å². The zero-order valence-electron chi connectivity index (χ0n) is 9.86. The molecule has 2 aromatic carbocycles. The lowest BCUT2D eigenvalue weighted by atomic mass is 10.2. The lowest BCUT2D eigenvalue weighted by Crippen LogP contribution is -1.99. The maximum absolute atomic E-state index is 13.5. The zero-order valence-corrected chi connectivity index (χ0v) is 10.7. The number of benzene rings is 2. The normalized spacial score (nSPS) is 10.3. The van der Waals surface area contributed by atoms with Crippen LogP contribution in [-0.2, 0) is 0 Å². The molecule has 0 fully saturated rings. The molecule has 2 rings (SSSR count). The van der Waals surface area contributed by atoms with Gasteiger partial charge in [0.05, 0.1) is 11.3 Å². The number of hydrogen-bond donors (Lipinski definition) is 2. The van der Waals surface area contributed by atoms with Crippen molar-refractivity contribution in [2.24, 2.45) is 0 Å². The first kappa shape index (κ1) is 14.3. The molecule has 0 saturated heterocycles. The van der Waals surface area contributed by atoms with Crippen LogP contribution in [-0.4, -0.2) is 11.1 Å². The summed E-state index contributed by atoms with van der Waals surface area (Å²) >= 11 is 0.774. The van der Waals surface area contributed by atoms with Crippen molar-refractivity contribution in [3.05, 3.63) is 59.4 Å². The van der Waals surface area contributed by atoms with Crippen molar-refractivity contribution in [3.63, 3.8) is 0 Å². The Morgan fingerprint density at radius 3 is 2.30 bits per heavy atom. The molecule has 20 heavy (non-hydrogen) atoms. The number of rotatable bonds is 4. The molecule has 0 aliphatic carbocycles. The highest BCUT2D eigenvalue weighted by Gasteiger charge is 2.09. The number of anilines is 1. The van der Waals surface area contributed by atoms with E-state index in [-0.39, 0.29) is 16.1 Å². The van der Waals surface area contributed by atoms with Gasteiger partial charge in [-0.1, -0.05) is 0 Å². The fourth-order valence-electron chi connectivity index (χ4n) is 1.44. The first-order chi connectivity index (χ1) is 9.45. The van der Waals surface area contributed by atoms with Crippen LogP contribution >= 0.6 is 11.9 Å². The van der Waals surface area contributed by atoms with Gasteiger partial charge in [0.1, 0.15) is 17.5 Å². The largest absolute Gasteiger partial charge is 0.478 e. The third-order valence-electron chi connectivity index (χ3n) is 2.33. The fraction of sp³-hybridized carbons (Fsp3) is 0. The number of carbonyl (C=O) groups is 1. The number of nitrogens with one attached hydrogen (secondary N) is 1. The summed E-state index contributed by atoms with van der Waals surface area (Å²) < 4.78 is 41.9. The molecule has 7 heteroatoms. The molecule has 0 heterocycles. The lowest BCUT2D eigenvalue weighted by molar-refractivity contribution is 0.0697. The van der Waals surface area contributed by atoms with Gasteiger partial charge in [-0.25, -0.2) is 18.0 Å². The molecule has 0 saturated carbocycles. The van der Waals surface area contributed by atoms with Gasteiger partial charge in [0.15, 0.2) is 0 Å². The van der Waals surface area contributed by atoms with E-state index in [1.54, 1.807) is 0 Å². The monoisotopic (exact) mass is 299 g/mol. The first-order valence-electron chi connectivity index (χ1n) is 5.37. The van der Waals surface area contributed by atoms with Crippen LogP contribution < -0.4 is 4.72 Å². The molecule has 3 nitrogen and oxygen atoms in total. The van der Waals surface area contributed by atoms with Crippen LogP contribution in [0.5, 0.6) is 0 Å². The Labute approximate surface area is 116 Å². The van der Waals surface area contributed by atoms with E-state index in [0.29, 0.717) is 0 Å². The molecule has 0 bridgehead atoms. The van der Waals surface area contributed by atoms with Gasteiger partial charge in [-0.2, -0.15) is 0 Å². The molecule has 0 atom stereocenters. The summed E-state index contributed by atoms with van der Waals surface area (Å²) in [5, 5.41) is 8.80. The number of carboxylic acids is 1. The van der Waals surface area contributed by atoms with Crippen LogP contribution in [0.15, 0.2) is 41.3 Å². The Bertz CT molecular complexity index is 644. The van der Waals surface area contributed by atoms with E-state index in [4.69, 9.17) is 5.11 Å². The molecule has 0 aliphatic heterocycles. The zero-order chi connectivity index (χ0) is 14.7. The fourth-order valence-corrected chi connectivity index (χ4v) is 2.17. The van der Waals surface area contributed by atoms with E-state index in [2.05, 4.69) is 4.72 Å². The number of hydrogen-bond acceptors (Lipinski definition) is 3. The molecule has 2 N–H and O–H groups in total. The van der Waals surface area contributed by atoms with E-state index >= 15 is 0 Å². The average molecular weight is 299 g/mol. The van der Waals surface area contributed by atoms with Gasteiger partial charge in [-0.05, 0) is 42.3 Å². The van der Waals surface area contributed by atoms with Gasteiger partial charge in [0.2, 0.25) is 0 Å². The maximum atomic E-state index is 13.5. The number of aromatic carboxylic acids is 1. The van der Waals surface area contributed by atoms with Crippen LogP contribution in [0, 0.1) is 17.5 Å². The number of halogens is 3. The van der Waals surface area contributed by atoms with Gasteiger partial charge in [0, 0.05) is 11.0 Å². The highest BCUT2D eigenvalue weighted by Crippen LogP contribution is 2.25. The van der Waals surface area contributed by atoms with Crippen molar-refractivity contribution in [3.8, 4) is 0 Å². The SMILES string of the molecule is O=C(O)c1ccc(F)c(NSc2cc(F)cc(F)c2)c1. The lowest BCUT2D eigenvalue weighted by Gasteiger charge is -2.07. The average Bonchev–Trinajstić information content (AvgIpc) is 2.36. The van der Waals surface area contributed by atoms with E-state index in [9.17, 15) is 18.0 Å². The van der Waals surface area contributed by atoms with Crippen molar-refractivity contribution < 1.29 is 23.1 Å². The van der Waals surface area contributed by atoms with Gasteiger partial charge >= 0.3 is 5.97 Å². The van der Waals surface area contributed by atoms with Crippen molar-refractivity contribution in [2.75, 3.05) is 4.72 Å². The summed E-state index contributed by atoms with van der Waals surface area (Å²) in [6.45, 7) is 0. The van der Waals surface area contributed by atoms with Crippen LogP contribution in [0.4, 0.5) is 18.9 Å². The number of carboxylic acid groups (broad SMARTS) is 1. The van der Waals surface area contributed by atoms with Crippen molar-refractivity contribution in [2.45, 2.75) is 4.90 Å². The molecule has 0 aromatic heterocycles. The second-order valence-corrected chi connectivity index (χ2v) is 4.69. The second-order valence-electron chi connectivity index (χ2n) is 3.81. The summed E-state index contributed by atoms with van der Waals surface area (Å²) in [6.07, 6.45) is 0. The second kappa shape index (κ2) is 5.87. The Balaban J connectivity index is 2.18. The minimum Gasteiger partial charge on any atom is -0.478 e. The molecule has 0 spiro atoms. The predicted octanol–water partition coefficient (Wildman–Crippen LogP) is 3.92. The summed E-state index contributed by atoms with van der Waals surface area (Å²) in [5.41, 5.74) is -0.181. The van der Waals surface area contributed by atoms with Crippen molar-refractivity contribution >= 4 is 23.6 Å². The molecule has 0 unspecified atom stereocenters. The first-order valence-corrected chi connectivity index (χ1v) is 6.19. The maximum Gasteiger partial charge on any atom is 0.335 e. The smallest absolute Gasteiger partial charge is 0.335 e. The minimum absolute atomic E-state index is 0.0837. The van der Waals surface area contributed by atoms with E-state index in [1.165, 1.54) is 0 Å². The third kappa shape index (κ3) is 3.45. The van der Waals surface area contributed by atoms with Gasteiger partial charge in [0.25, 0.3) is 0 Å². The summed E-state index contributed by atoms with van der Waals surface area (Å²) in [7, 11) is 0. The van der Waals surface area contributed by atoms with E-state index in [1.807, 2.05) is 0 Å². The molecule has 0 aliphatic rings. The quantitative estimate of drug-likeness (QED) is 0.840. The van der Waals surface area contributed by atoms with E-state index in [0.717, 1.165) is 48.3 Å². The summed E-state index contributed by atoms with van der Waals surface area (Å²) in [5.74, 6) is -3.38. The molecule has 0 radical (unpaired) electrons. The minimum atomic E-state index is -1.20. The highest BCUT2D eigenvalue weighted by molar-refractivity contribution is 8.00. The van der Waals surface area contributed by atoms with Gasteiger partial charge < -0.3 is 9.83 Å². The summed E-state index contributed by atoms with van der Waals surface area (Å²) in [4.78, 5) is 11.0. The Kier molecular flexibility index (Phi) is 4.19. The Morgan fingerprint density at radius 2 is 1.70 bits per heavy atom. The topological polar surface area (TPSA) is 49.3 Å². The van der Waals surface area contributed by atoms with Crippen molar-refractivity contribution in [1.82, 2.24) is 0 Å². The molecular formula is C13H8F3NO2S. The van der Waals surface area contributed by atoms with Gasteiger partial charge in [-0.15, -0.1) is 0 Å². The highest BCUT2D eigenvalue weighted by atomic mass is 32.2. The molecule has 2 aromatic rings. The van der Waals surface area contributed by atoms with Crippen LogP contribution in [0.25, 0.3) is 0 Å². The Morgan fingerprint density at radius 1 is 1.05 bits per heavy atom. The van der Waals surface area contributed by atoms with E-state index < -0.39 is 23.4 Å². The summed E-state index contributed by atoms with van der Waals surface area (Å²) in [6, 6.07) is 6.07. The predicted molar refractivity (Wildman–Crippen MR) is 69.2 cm³/mol. The van der Waals surface area contributed by atoms with Crippen LogP contribution in [0.2, 0.25) is 0 Å². The molecule has 0 amide bonds. The molecular weight excluding hydrogens is 291 g/mol. The van der Waals surface area contributed by atoms with Gasteiger partial charge in [-0.3, -0.25) is 0 Å². The van der Waals surface area contributed by atoms with Crippen molar-refractivity contribution in [1.29, 1.82) is 0 Å². The standard InChI is InChI=1S/C13H8F3NO2S/c14-8-4-9(15)6-10(5-8)20-17-12-3-7(13(18)19)1-2-11(12)16/h1-6,17H,(H,18,19). The van der Waals surface area contributed by atoms with Crippen LogP contribution in [0.3, 0.4) is 0 Å².